The van der Waals surface area contributed by atoms with Gasteiger partial charge in [0.2, 0.25) is 5.95 Å². The lowest BCUT2D eigenvalue weighted by atomic mass is 9.90. The van der Waals surface area contributed by atoms with Gasteiger partial charge in [-0.15, -0.1) is 0 Å². The molecule has 1 aliphatic heterocycles. The Balaban J connectivity index is 1.36. The molecule has 0 aliphatic carbocycles. The van der Waals surface area contributed by atoms with E-state index in [0.717, 1.165) is 55.7 Å². The van der Waals surface area contributed by atoms with E-state index in [1.165, 1.54) is 5.56 Å². The van der Waals surface area contributed by atoms with Crippen LogP contribution >= 0.6 is 0 Å². The molecule has 2 aromatic carbocycles. The molecule has 0 amide bonds. The summed E-state index contributed by atoms with van der Waals surface area (Å²) in [4.78, 5) is 22.9. The number of Topliss-reactive ketones (excluding diaryl/α,β-unsaturated/α-hetero) is 1. The van der Waals surface area contributed by atoms with Crippen molar-refractivity contribution in [2.45, 2.75) is 26.2 Å². The van der Waals surface area contributed by atoms with Crippen molar-refractivity contribution < 1.29 is 4.79 Å². The van der Waals surface area contributed by atoms with Gasteiger partial charge in [0.15, 0.2) is 5.78 Å². The predicted octanol–water partition coefficient (Wildman–Crippen LogP) is 4.88. The smallest absolute Gasteiger partial charge is 0.227 e. The normalized spacial score (nSPS) is 14.6. The maximum atomic E-state index is 11.4. The monoisotopic (exact) mass is 386 g/mol. The van der Waals surface area contributed by atoms with Gasteiger partial charge in [-0.25, -0.2) is 4.98 Å². The summed E-state index contributed by atoms with van der Waals surface area (Å²) in [6, 6.07) is 20.0. The molecule has 4 rings (SSSR count). The SMILES string of the molecule is CC(=O)c1ccc(Nc2ccnc(N3CCC(Cc4ccccc4)CC3)n2)cc1. The summed E-state index contributed by atoms with van der Waals surface area (Å²) in [7, 11) is 0. The summed E-state index contributed by atoms with van der Waals surface area (Å²) in [5, 5.41) is 3.30. The van der Waals surface area contributed by atoms with Crippen LogP contribution in [0.2, 0.25) is 0 Å². The molecule has 0 unspecified atom stereocenters. The van der Waals surface area contributed by atoms with E-state index in [0.29, 0.717) is 5.56 Å². The lowest BCUT2D eigenvalue weighted by Gasteiger charge is -2.32. The van der Waals surface area contributed by atoms with E-state index in [1.54, 1.807) is 13.1 Å². The lowest BCUT2D eigenvalue weighted by Crippen LogP contribution is -2.35. The Labute approximate surface area is 171 Å². The average Bonchev–Trinajstić information content (AvgIpc) is 2.76. The van der Waals surface area contributed by atoms with Gasteiger partial charge in [-0.2, -0.15) is 4.98 Å². The highest BCUT2D eigenvalue weighted by Crippen LogP contribution is 2.25. The second-order valence-electron chi connectivity index (χ2n) is 7.62. The van der Waals surface area contributed by atoms with E-state index in [4.69, 9.17) is 4.98 Å². The molecule has 0 saturated carbocycles. The third-order valence-corrected chi connectivity index (χ3v) is 5.47. The molecule has 0 atom stereocenters. The number of nitrogens with zero attached hydrogens (tertiary/aromatic N) is 3. The second-order valence-corrected chi connectivity index (χ2v) is 7.62. The van der Waals surface area contributed by atoms with Gasteiger partial charge in [0.25, 0.3) is 0 Å². The first-order chi connectivity index (χ1) is 14.2. The summed E-state index contributed by atoms with van der Waals surface area (Å²) < 4.78 is 0. The zero-order valence-electron chi connectivity index (χ0n) is 16.7. The largest absolute Gasteiger partial charge is 0.341 e. The molecular formula is C24H26N4O. The molecule has 148 valence electrons. The van der Waals surface area contributed by atoms with Crippen LogP contribution in [-0.4, -0.2) is 28.8 Å². The molecule has 0 radical (unpaired) electrons. The van der Waals surface area contributed by atoms with E-state index in [1.807, 2.05) is 30.3 Å². The summed E-state index contributed by atoms with van der Waals surface area (Å²) >= 11 is 0. The maximum absolute atomic E-state index is 11.4. The van der Waals surface area contributed by atoms with Crippen molar-refractivity contribution in [2.24, 2.45) is 5.92 Å². The van der Waals surface area contributed by atoms with Crippen molar-refractivity contribution in [3.63, 3.8) is 0 Å². The molecule has 0 bridgehead atoms. The molecule has 1 aliphatic rings. The van der Waals surface area contributed by atoms with Crippen LogP contribution in [0.25, 0.3) is 0 Å². The summed E-state index contributed by atoms with van der Waals surface area (Å²) in [6.07, 6.45) is 5.25. The standard InChI is InChI=1S/C24H26N4O/c1-18(29)21-7-9-22(10-8-21)26-23-11-14-25-24(27-23)28-15-12-20(13-16-28)17-19-5-3-2-4-6-19/h2-11,14,20H,12-13,15-17H2,1H3,(H,25,26,27). The van der Waals surface area contributed by atoms with Crippen LogP contribution in [0.1, 0.15) is 35.7 Å². The van der Waals surface area contributed by atoms with Crippen molar-refractivity contribution in [1.29, 1.82) is 0 Å². The van der Waals surface area contributed by atoms with E-state index in [9.17, 15) is 4.79 Å². The molecule has 0 spiro atoms. The maximum Gasteiger partial charge on any atom is 0.227 e. The predicted molar refractivity (Wildman–Crippen MR) is 117 cm³/mol. The molecule has 1 aromatic heterocycles. The van der Waals surface area contributed by atoms with Gasteiger partial charge in [0, 0.05) is 30.5 Å². The van der Waals surface area contributed by atoms with Crippen LogP contribution in [0, 0.1) is 5.92 Å². The van der Waals surface area contributed by atoms with Crippen molar-refractivity contribution in [1.82, 2.24) is 9.97 Å². The number of carbonyl (C=O) groups is 1. The Bertz CT molecular complexity index is 948. The Morgan fingerprint density at radius 1 is 1.03 bits per heavy atom. The van der Waals surface area contributed by atoms with Gasteiger partial charge in [-0.3, -0.25) is 4.79 Å². The number of piperidine rings is 1. The quantitative estimate of drug-likeness (QED) is 0.612. The van der Waals surface area contributed by atoms with Crippen molar-refractivity contribution in [3.8, 4) is 0 Å². The first-order valence-corrected chi connectivity index (χ1v) is 10.2. The fourth-order valence-electron chi connectivity index (χ4n) is 3.79. The van der Waals surface area contributed by atoms with Crippen LogP contribution in [-0.2, 0) is 6.42 Å². The first kappa shape index (κ1) is 19.1. The third-order valence-electron chi connectivity index (χ3n) is 5.47. The molecule has 1 saturated heterocycles. The number of anilines is 3. The number of hydrogen-bond acceptors (Lipinski definition) is 5. The highest BCUT2D eigenvalue weighted by molar-refractivity contribution is 5.94. The highest BCUT2D eigenvalue weighted by Gasteiger charge is 2.21. The molecule has 5 heteroatoms. The molecule has 2 heterocycles. The van der Waals surface area contributed by atoms with Gasteiger partial charge in [-0.1, -0.05) is 30.3 Å². The fraction of sp³-hybridized carbons (Fsp3) is 0.292. The molecule has 29 heavy (non-hydrogen) atoms. The number of ketones is 1. The fourth-order valence-corrected chi connectivity index (χ4v) is 3.79. The lowest BCUT2D eigenvalue weighted by molar-refractivity contribution is 0.101. The van der Waals surface area contributed by atoms with E-state index in [-0.39, 0.29) is 5.78 Å². The third kappa shape index (κ3) is 4.99. The number of rotatable bonds is 6. The van der Waals surface area contributed by atoms with Crippen LogP contribution in [0.5, 0.6) is 0 Å². The Kier molecular flexibility index (Phi) is 5.84. The van der Waals surface area contributed by atoms with Crippen LogP contribution < -0.4 is 10.2 Å². The van der Waals surface area contributed by atoms with Crippen LogP contribution in [0.3, 0.4) is 0 Å². The average molecular weight is 386 g/mol. The van der Waals surface area contributed by atoms with Gasteiger partial charge in [0.05, 0.1) is 0 Å². The van der Waals surface area contributed by atoms with Crippen LogP contribution in [0.15, 0.2) is 66.9 Å². The molecular weight excluding hydrogens is 360 g/mol. The minimum absolute atomic E-state index is 0.0662. The van der Waals surface area contributed by atoms with Gasteiger partial charge < -0.3 is 10.2 Å². The Hall–Kier alpha value is -3.21. The molecule has 1 fully saturated rings. The van der Waals surface area contributed by atoms with Crippen molar-refractivity contribution in [2.75, 3.05) is 23.3 Å². The van der Waals surface area contributed by atoms with Crippen molar-refractivity contribution in [3.05, 3.63) is 78.0 Å². The summed E-state index contributed by atoms with van der Waals surface area (Å²) in [5.74, 6) is 2.32. The first-order valence-electron chi connectivity index (χ1n) is 10.2. The summed E-state index contributed by atoms with van der Waals surface area (Å²) in [6.45, 7) is 3.53. The molecule has 5 nitrogen and oxygen atoms in total. The number of aromatic nitrogens is 2. The van der Waals surface area contributed by atoms with E-state index < -0.39 is 0 Å². The Morgan fingerprint density at radius 2 is 1.76 bits per heavy atom. The van der Waals surface area contributed by atoms with E-state index >= 15 is 0 Å². The minimum atomic E-state index is 0.0662. The van der Waals surface area contributed by atoms with Crippen molar-refractivity contribution >= 4 is 23.2 Å². The number of carbonyl (C=O) groups excluding carboxylic acids is 1. The van der Waals surface area contributed by atoms with Gasteiger partial charge in [-0.05, 0) is 68.0 Å². The van der Waals surface area contributed by atoms with Gasteiger partial charge >= 0.3 is 0 Å². The molecule has 1 N–H and O–H groups in total. The highest BCUT2D eigenvalue weighted by atomic mass is 16.1. The summed E-state index contributed by atoms with van der Waals surface area (Å²) in [5.41, 5.74) is 3.03. The van der Waals surface area contributed by atoms with Crippen LogP contribution in [0.4, 0.5) is 17.5 Å². The number of hydrogen-bond donors (Lipinski definition) is 1. The number of benzene rings is 2. The number of nitrogens with one attached hydrogen (secondary N) is 1. The second kappa shape index (κ2) is 8.86. The zero-order valence-corrected chi connectivity index (χ0v) is 16.7. The van der Waals surface area contributed by atoms with Gasteiger partial charge in [0.1, 0.15) is 5.82 Å². The minimum Gasteiger partial charge on any atom is -0.341 e. The zero-order chi connectivity index (χ0) is 20.1. The topological polar surface area (TPSA) is 58.1 Å². The van der Waals surface area contributed by atoms with E-state index in [2.05, 4.69) is 45.5 Å². The Morgan fingerprint density at radius 3 is 2.45 bits per heavy atom. The molecule has 3 aromatic rings.